The van der Waals surface area contributed by atoms with E-state index in [4.69, 9.17) is 4.98 Å². The third kappa shape index (κ3) is 4.67. The first-order chi connectivity index (χ1) is 14.5. The Hall–Kier alpha value is -1.99. The molecule has 1 amide bonds. The van der Waals surface area contributed by atoms with Crippen LogP contribution in [0.3, 0.4) is 0 Å². The number of hydrogen-bond acceptors (Lipinski definition) is 6. The second-order valence-electron chi connectivity index (χ2n) is 8.93. The highest BCUT2D eigenvalue weighted by atomic mass is 32.1. The molecule has 0 radical (unpaired) electrons. The summed E-state index contributed by atoms with van der Waals surface area (Å²) in [6.45, 7) is 10.7. The zero-order valence-corrected chi connectivity index (χ0v) is 19.1. The molecule has 0 atom stereocenters. The molecular weight excluding hydrogens is 396 g/mol. The molecule has 0 spiro atoms. The zero-order chi connectivity index (χ0) is 21.3. The molecule has 1 aliphatic carbocycles. The molecule has 2 aliphatic rings. The van der Waals surface area contributed by atoms with Crippen LogP contribution in [0.1, 0.15) is 61.9 Å². The van der Waals surface area contributed by atoms with Crippen LogP contribution < -0.4 is 10.2 Å². The van der Waals surface area contributed by atoms with Gasteiger partial charge in [-0.15, -0.1) is 11.3 Å². The number of pyridine rings is 1. The summed E-state index contributed by atoms with van der Waals surface area (Å²) in [6, 6.07) is 2.25. The molecule has 30 heavy (non-hydrogen) atoms. The molecule has 6 nitrogen and oxygen atoms in total. The smallest absolute Gasteiger partial charge is 0.254 e. The second kappa shape index (κ2) is 9.02. The van der Waals surface area contributed by atoms with Crippen molar-refractivity contribution in [1.82, 2.24) is 15.2 Å². The highest BCUT2D eigenvalue weighted by molar-refractivity contribution is 7.17. The molecule has 7 heteroatoms. The topological polar surface area (TPSA) is 65.5 Å². The molecule has 4 rings (SSSR count). The van der Waals surface area contributed by atoms with Gasteiger partial charge in [0.05, 0.1) is 22.3 Å². The lowest BCUT2D eigenvalue weighted by Crippen LogP contribution is -2.48. The zero-order valence-electron chi connectivity index (χ0n) is 18.2. The fourth-order valence-corrected chi connectivity index (χ4v) is 5.28. The number of piperazine rings is 1. The van der Waals surface area contributed by atoms with Gasteiger partial charge in [-0.1, -0.05) is 13.8 Å². The van der Waals surface area contributed by atoms with E-state index in [1.807, 2.05) is 12.3 Å². The third-order valence-electron chi connectivity index (χ3n) is 5.87. The fourth-order valence-electron chi connectivity index (χ4n) is 4.20. The number of nitrogens with zero attached hydrogens (tertiary/aromatic N) is 3. The van der Waals surface area contributed by atoms with E-state index in [1.54, 1.807) is 11.3 Å². The summed E-state index contributed by atoms with van der Waals surface area (Å²) in [5, 5.41) is 4.87. The van der Waals surface area contributed by atoms with E-state index in [1.165, 1.54) is 23.1 Å². The second-order valence-corrected chi connectivity index (χ2v) is 9.81. The minimum absolute atomic E-state index is 0.0383. The molecule has 1 N–H and O–H groups in total. The first-order valence-electron chi connectivity index (χ1n) is 11.2. The van der Waals surface area contributed by atoms with Gasteiger partial charge in [0, 0.05) is 44.5 Å². The predicted molar refractivity (Wildman–Crippen MR) is 123 cm³/mol. The van der Waals surface area contributed by atoms with E-state index < -0.39 is 0 Å². The van der Waals surface area contributed by atoms with Crippen molar-refractivity contribution in [3.05, 3.63) is 22.6 Å². The maximum Gasteiger partial charge on any atom is 0.254 e. The lowest BCUT2D eigenvalue weighted by molar-refractivity contribution is -0.120. The Kier molecular flexibility index (Phi) is 6.39. The normalized spacial score (nSPS) is 17.7. The molecule has 1 aliphatic heterocycles. The van der Waals surface area contributed by atoms with Gasteiger partial charge in [0.1, 0.15) is 11.6 Å². The standard InChI is InChI=1S/C23H32N4O2S/c1-4-24-23(29)19-14-30-22-18(16-5-6-16)12-20(25-21(19)22)27-9-7-26(8-10-27)13-17(28)11-15(2)3/h12,14-16H,4-11,13H2,1-3H3,(H,24,29). The van der Waals surface area contributed by atoms with Crippen LogP contribution in [-0.4, -0.2) is 60.8 Å². The number of amides is 1. The van der Waals surface area contributed by atoms with Crippen molar-refractivity contribution >= 4 is 39.1 Å². The van der Waals surface area contributed by atoms with Gasteiger partial charge in [0.15, 0.2) is 0 Å². The van der Waals surface area contributed by atoms with Crippen molar-refractivity contribution in [3.63, 3.8) is 0 Å². The largest absolute Gasteiger partial charge is 0.354 e. The van der Waals surface area contributed by atoms with Crippen LogP contribution in [0.2, 0.25) is 0 Å². The maximum absolute atomic E-state index is 12.5. The summed E-state index contributed by atoms with van der Waals surface area (Å²) in [5.41, 5.74) is 2.89. The molecule has 1 saturated heterocycles. The van der Waals surface area contributed by atoms with Crippen LogP contribution in [0.25, 0.3) is 10.2 Å². The van der Waals surface area contributed by atoms with Gasteiger partial charge in [0.25, 0.3) is 5.91 Å². The van der Waals surface area contributed by atoms with E-state index in [9.17, 15) is 9.59 Å². The van der Waals surface area contributed by atoms with Crippen LogP contribution in [0.15, 0.2) is 11.4 Å². The number of ketones is 1. The van der Waals surface area contributed by atoms with Gasteiger partial charge in [-0.2, -0.15) is 0 Å². The summed E-state index contributed by atoms with van der Waals surface area (Å²) in [6.07, 6.45) is 3.10. The molecule has 1 saturated carbocycles. The van der Waals surface area contributed by atoms with Crippen LogP contribution in [-0.2, 0) is 4.79 Å². The van der Waals surface area contributed by atoms with Crippen LogP contribution >= 0.6 is 11.3 Å². The number of hydrogen-bond donors (Lipinski definition) is 1. The summed E-state index contributed by atoms with van der Waals surface area (Å²) in [5.74, 6) is 2.29. The molecule has 2 aromatic heterocycles. The number of thiophene rings is 1. The molecule has 0 unspecified atom stereocenters. The SMILES string of the molecule is CCNC(=O)c1csc2c(C3CC3)cc(N3CCN(CC(=O)CC(C)C)CC3)nc12. The number of rotatable bonds is 8. The average molecular weight is 429 g/mol. The number of aromatic nitrogens is 1. The Morgan fingerprint density at radius 3 is 2.60 bits per heavy atom. The Labute approximate surface area is 182 Å². The molecular formula is C23H32N4O2S. The minimum atomic E-state index is -0.0383. The summed E-state index contributed by atoms with van der Waals surface area (Å²) in [4.78, 5) is 34.2. The van der Waals surface area contributed by atoms with E-state index in [-0.39, 0.29) is 5.91 Å². The van der Waals surface area contributed by atoms with E-state index in [0.29, 0.717) is 42.7 Å². The van der Waals surface area contributed by atoms with Crippen molar-refractivity contribution in [3.8, 4) is 0 Å². The Morgan fingerprint density at radius 2 is 1.97 bits per heavy atom. The molecule has 162 valence electrons. The minimum Gasteiger partial charge on any atom is -0.354 e. The van der Waals surface area contributed by atoms with Crippen molar-refractivity contribution in [2.45, 2.75) is 46.0 Å². The number of Topliss-reactive ketones (excluding diaryl/α,β-unsaturated/α-hetero) is 1. The number of fused-ring (bicyclic) bond motifs is 1. The van der Waals surface area contributed by atoms with Gasteiger partial charge < -0.3 is 10.2 Å². The molecule has 2 fully saturated rings. The fraction of sp³-hybridized carbons (Fsp3) is 0.609. The lowest BCUT2D eigenvalue weighted by atomic mass is 10.1. The molecule has 3 heterocycles. The number of carbonyl (C=O) groups is 2. The monoisotopic (exact) mass is 428 g/mol. The van der Waals surface area contributed by atoms with Crippen LogP contribution in [0.5, 0.6) is 0 Å². The van der Waals surface area contributed by atoms with E-state index in [2.05, 4.69) is 35.0 Å². The van der Waals surface area contributed by atoms with Crippen molar-refractivity contribution in [2.24, 2.45) is 5.92 Å². The molecule has 0 aromatic carbocycles. The first-order valence-corrected chi connectivity index (χ1v) is 12.0. The predicted octanol–water partition coefficient (Wildman–Crippen LogP) is 3.66. The number of nitrogens with one attached hydrogen (secondary N) is 1. The van der Waals surface area contributed by atoms with Gasteiger partial charge in [0.2, 0.25) is 0 Å². The van der Waals surface area contributed by atoms with Gasteiger partial charge in [-0.25, -0.2) is 4.98 Å². The molecule has 2 aromatic rings. The van der Waals surface area contributed by atoms with Gasteiger partial charge >= 0.3 is 0 Å². The maximum atomic E-state index is 12.5. The summed E-state index contributed by atoms with van der Waals surface area (Å²) in [7, 11) is 0. The van der Waals surface area contributed by atoms with Crippen molar-refractivity contribution < 1.29 is 9.59 Å². The lowest BCUT2D eigenvalue weighted by Gasteiger charge is -2.35. The average Bonchev–Trinajstić information content (AvgIpc) is 3.46. The van der Waals surface area contributed by atoms with Crippen LogP contribution in [0, 0.1) is 5.92 Å². The summed E-state index contributed by atoms with van der Waals surface area (Å²) < 4.78 is 1.17. The Morgan fingerprint density at radius 1 is 1.23 bits per heavy atom. The first kappa shape index (κ1) is 21.2. The van der Waals surface area contributed by atoms with E-state index in [0.717, 1.165) is 37.5 Å². The quantitative estimate of drug-likeness (QED) is 0.695. The van der Waals surface area contributed by atoms with Gasteiger partial charge in [-0.05, 0) is 43.2 Å². The highest BCUT2D eigenvalue weighted by Gasteiger charge is 2.30. The van der Waals surface area contributed by atoms with Crippen LogP contribution in [0.4, 0.5) is 5.82 Å². The highest BCUT2D eigenvalue weighted by Crippen LogP contribution is 2.46. The van der Waals surface area contributed by atoms with Crippen molar-refractivity contribution in [2.75, 3.05) is 44.2 Å². The summed E-state index contributed by atoms with van der Waals surface area (Å²) >= 11 is 1.64. The number of carbonyl (C=O) groups excluding carboxylic acids is 2. The Balaban J connectivity index is 1.52. The van der Waals surface area contributed by atoms with Gasteiger partial charge in [-0.3, -0.25) is 14.5 Å². The van der Waals surface area contributed by atoms with E-state index >= 15 is 0 Å². The van der Waals surface area contributed by atoms with Crippen molar-refractivity contribution in [1.29, 1.82) is 0 Å². The third-order valence-corrected chi connectivity index (χ3v) is 6.89. The Bertz CT molecular complexity index is 927. The molecule has 0 bridgehead atoms. The number of anilines is 1.